The van der Waals surface area contributed by atoms with Gasteiger partial charge in [-0.25, -0.2) is 15.0 Å². The van der Waals surface area contributed by atoms with Crippen LogP contribution in [-0.2, 0) is 6.18 Å². The molecule has 3 aromatic heterocycles. The molecule has 0 unspecified atom stereocenters. The van der Waals surface area contributed by atoms with Crippen LogP contribution in [0.3, 0.4) is 0 Å². The minimum Gasteiger partial charge on any atom is -0.308 e. The topological polar surface area (TPSA) is 43.6 Å². The molecule has 0 N–H and O–H groups in total. The lowest BCUT2D eigenvalue weighted by Crippen LogP contribution is -2.05. The summed E-state index contributed by atoms with van der Waals surface area (Å²) in [6.45, 7) is 0. The van der Waals surface area contributed by atoms with E-state index >= 15 is 0 Å². The quantitative estimate of drug-likeness (QED) is 0.177. The molecule has 4 nitrogen and oxygen atoms in total. The van der Waals surface area contributed by atoms with Crippen LogP contribution >= 0.6 is 11.3 Å². The van der Waals surface area contributed by atoms with Crippen LogP contribution in [0.25, 0.3) is 93.0 Å². The second-order valence-corrected chi connectivity index (χ2v) is 14.2. The van der Waals surface area contributed by atoms with Crippen molar-refractivity contribution in [3.63, 3.8) is 0 Å². The molecule has 10 aromatic rings. The molecule has 0 aliphatic rings. The molecule has 3 heterocycles. The van der Waals surface area contributed by atoms with E-state index in [1.165, 1.54) is 16.8 Å². The maximum absolute atomic E-state index is 14.3. The van der Waals surface area contributed by atoms with Gasteiger partial charge in [-0.15, -0.1) is 11.3 Å². The van der Waals surface area contributed by atoms with E-state index < -0.39 is 11.7 Å². The summed E-state index contributed by atoms with van der Waals surface area (Å²) in [6, 6.07) is 51.7. The molecular formula is C46H27F3N4S. The lowest BCUT2D eigenvalue weighted by molar-refractivity contribution is -0.137. The lowest BCUT2D eigenvalue weighted by atomic mass is 9.98. The molecule has 0 amide bonds. The Morgan fingerprint density at radius 2 is 1.07 bits per heavy atom. The maximum atomic E-state index is 14.3. The Morgan fingerprint density at radius 3 is 1.78 bits per heavy atom. The van der Waals surface area contributed by atoms with Crippen LogP contribution in [0.15, 0.2) is 164 Å². The summed E-state index contributed by atoms with van der Waals surface area (Å²) in [5.74, 6) is 1.41. The van der Waals surface area contributed by atoms with Crippen molar-refractivity contribution in [3.8, 4) is 51.0 Å². The van der Waals surface area contributed by atoms with Gasteiger partial charge >= 0.3 is 6.18 Å². The van der Waals surface area contributed by atoms with Gasteiger partial charge in [-0.1, -0.05) is 115 Å². The van der Waals surface area contributed by atoms with Crippen molar-refractivity contribution in [1.82, 2.24) is 19.5 Å². The highest BCUT2D eigenvalue weighted by molar-refractivity contribution is 7.26. The molecule has 0 saturated heterocycles. The predicted octanol–water partition coefficient (Wildman–Crippen LogP) is 13.0. The Bertz CT molecular complexity index is 2980. The average molecular weight is 725 g/mol. The number of hydrogen-bond acceptors (Lipinski definition) is 4. The Morgan fingerprint density at radius 1 is 0.463 bits per heavy atom. The van der Waals surface area contributed by atoms with Crippen molar-refractivity contribution in [1.29, 1.82) is 0 Å². The van der Waals surface area contributed by atoms with E-state index in [2.05, 4.69) is 41.0 Å². The van der Waals surface area contributed by atoms with Crippen molar-refractivity contribution in [3.05, 3.63) is 169 Å². The van der Waals surface area contributed by atoms with Gasteiger partial charge < -0.3 is 4.57 Å². The van der Waals surface area contributed by atoms with Gasteiger partial charge in [0.05, 0.1) is 22.3 Å². The third kappa shape index (κ3) is 5.33. The largest absolute Gasteiger partial charge is 0.416 e. The van der Waals surface area contributed by atoms with Crippen molar-refractivity contribution in [2.75, 3.05) is 0 Å². The van der Waals surface area contributed by atoms with Crippen LogP contribution in [0.1, 0.15) is 5.56 Å². The number of halogens is 3. The van der Waals surface area contributed by atoms with Crippen LogP contribution < -0.4 is 0 Å². The van der Waals surface area contributed by atoms with Crippen LogP contribution in [0, 0.1) is 0 Å². The van der Waals surface area contributed by atoms with Crippen LogP contribution in [0.5, 0.6) is 0 Å². The van der Waals surface area contributed by atoms with Gasteiger partial charge in [-0.3, -0.25) is 0 Å². The predicted molar refractivity (Wildman–Crippen MR) is 214 cm³/mol. The Balaban J connectivity index is 1.29. The third-order valence-corrected chi connectivity index (χ3v) is 11.0. The molecule has 0 saturated carbocycles. The molecule has 10 rings (SSSR count). The molecule has 0 radical (unpaired) electrons. The first kappa shape index (κ1) is 32.0. The van der Waals surface area contributed by atoms with Gasteiger partial charge in [0, 0.05) is 53.2 Å². The van der Waals surface area contributed by atoms with Gasteiger partial charge in [-0.2, -0.15) is 13.2 Å². The van der Waals surface area contributed by atoms with E-state index in [0.717, 1.165) is 60.2 Å². The van der Waals surface area contributed by atoms with E-state index in [1.54, 1.807) is 17.4 Å². The molecule has 7 aromatic carbocycles. The molecule has 0 atom stereocenters. The van der Waals surface area contributed by atoms with Crippen LogP contribution in [0.2, 0.25) is 0 Å². The minimum absolute atomic E-state index is 0.413. The van der Waals surface area contributed by atoms with Gasteiger partial charge in [0.2, 0.25) is 0 Å². The maximum Gasteiger partial charge on any atom is 0.416 e. The summed E-state index contributed by atoms with van der Waals surface area (Å²) in [7, 11) is 0. The van der Waals surface area contributed by atoms with Crippen LogP contribution in [-0.4, -0.2) is 19.5 Å². The number of rotatable bonds is 5. The van der Waals surface area contributed by atoms with Crippen molar-refractivity contribution < 1.29 is 13.2 Å². The normalized spacial score (nSPS) is 12.0. The number of para-hydroxylation sites is 1. The molecule has 54 heavy (non-hydrogen) atoms. The zero-order chi connectivity index (χ0) is 36.4. The van der Waals surface area contributed by atoms with E-state index in [0.29, 0.717) is 34.2 Å². The van der Waals surface area contributed by atoms with Gasteiger partial charge in [0.25, 0.3) is 0 Å². The van der Waals surface area contributed by atoms with E-state index in [-0.39, 0.29) is 0 Å². The number of alkyl halides is 3. The third-order valence-electron chi connectivity index (χ3n) is 9.87. The van der Waals surface area contributed by atoms with E-state index in [4.69, 9.17) is 15.0 Å². The Hall–Kier alpha value is -6.64. The number of hydrogen-bond donors (Lipinski definition) is 0. The standard InChI is InChI=1S/C46H27F3N4S/c47-46(48,49)32-17-11-16-30(26-32)36-27-31(45-51-43(28-12-3-1-4-13-28)50-44(52-45)29-14-5-2-6-15-29)22-24-38(36)53-37-20-9-7-18-33(37)34-23-25-40-41(42(34)53)35-19-8-10-21-39(35)54-40/h1-27H. The Kier molecular flexibility index (Phi) is 7.42. The summed E-state index contributed by atoms with van der Waals surface area (Å²) in [4.78, 5) is 14.7. The molecule has 0 spiro atoms. The fraction of sp³-hybridized carbons (Fsp3) is 0.0217. The number of thiophene rings is 1. The zero-order valence-electron chi connectivity index (χ0n) is 28.4. The summed E-state index contributed by atoms with van der Waals surface area (Å²) in [6.07, 6.45) is -4.52. The number of nitrogens with zero attached hydrogens (tertiary/aromatic N) is 4. The summed E-state index contributed by atoms with van der Waals surface area (Å²) < 4.78 is 47.4. The molecular weight excluding hydrogens is 698 g/mol. The highest BCUT2D eigenvalue weighted by Crippen LogP contribution is 2.45. The molecule has 0 fully saturated rings. The van der Waals surface area contributed by atoms with Gasteiger partial charge in [-0.05, 0) is 54.1 Å². The van der Waals surface area contributed by atoms with Crippen molar-refractivity contribution in [2.45, 2.75) is 6.18 Å². The van der Waals surface area contributed by atoms with E-state index in [9.17, 15) is 13.2 Å². The van der Waals surface area contributed by atoms with Crippen LogP contribution in [0.4, 0.5) is 13.2 Å². The molecule has 0 aliphatic carbocycles. The SMILES string of the molecule is FC(F)(F)c1cccc(-c2cc(-c3nc(-c4ccccc4)nc(-c4ccccc4)n3)ccc2-n2c3ccccc3c3ccc4sc5ccccc5c4c32)c1. The first-order valence-electron chi connectivity index (χ1n) is 17.4. The summed E-state index contributed by atoms with van der Waals surface area (Å²) in [5, 5.41) is 4.37. The fourth-order valence-corrected chi connectivity index (χ4v) is 8.53. The highest BCUT2D eigenvalue weighted by Gasteiger charge is 2.31. The first-order chi connectivity index (χ1) is 26.4. The van der Waals surface area contributed by atoms with E-state index in [1.807, 2.05) is 103 Å². The molecule has 258 valence electrons. The van der Waals surface area contributed by atoms with Gasteiger partial charge in [0.1, 0.15) is 0 Å². The zero-order valence-corrected chi connectivity index (χ0v) is 29.2. The summed E-state index contributed by atoms with van der Waals surface area (Å²) >= 11 is 1.73. The second-order valence-electron chi connectivity index (χ2n) is 13.1. The number of aromatic nitrogens is 4. The number of benzene rings is 7. The second kappa shape index (κ2) is 12.5. The lowest BCUT2D eigenvalue weighted by Gasteiger charge is -2.17. The monoisotopic (exact) mass is 724 g/mol. The van der Waals surface area contributed by atoms with Gasteiger partial charge in [0.15, 0.2) is 17.5 Å². The Labute approximate surface area is 311 Å². The fourth-order valence-electron chi connectivity index (χ4n) is 7.42. The minimum atomic E-state index is -4.52. The number of fused-ring (bicyclic) bond motifs is 7. The summed E-state index contributed by atoms with van der Waals surface area (Å²) in [5.41, 5.74) is 5.32. The average Bonchev–Trinajstić information content (AvgIpc) is 3.77. The molecule has 0 aliphatic heterocycles. The van der Waals surface area contributed by atoms with Crippen molar-refractivity contribution in [2.24, 2.45) is 0 Å². The first-order valence-corrected chi connectivity index (χ1v) is 18.3. The van der Waals surface area contributed by atoms with Crippen molar-refractivity contribution >= 4 is 53.3 Å². The smallest absolute Gasteiger partial charge is 0.308 e. The molecule has 8 heteroatoms. The highest BCUT2D eigenvalue weighted by atomic mass is 32.1. The molecule has 0 bridgehead atoms.